The summed E-state index contributed by atoms with van der Waals surface area (Å²) in [5, 5.41) is 2.82. The summed E-state index contributed by atoms with van der Waals surface area (Å²) in [6.07, 6.45) is 0. The molecule has 0 radical (unpaired) electrons. The van der Waals surface area contributed by atoms with Gasteiger partial charge in [0, 0.05) is 0 Å². The molecule has 0 bridgehead atoms. The summed E-state index contributed by atoms with van der Waals surface area (Å²) in [5.74, 6) is -0.0689. The molecule has 0 aliphatic carbocycles. The van der Waals surface area contributed by atoms with Crippen LogP contribution in [0.2, 0.25) is 0 Å². The molecule has 1 amide bonds. The van der Waals surface area contributed by atoms with E-state index in [1.165, 1.54) is 0 Å². The first-order chi connectivity index (χ1) is 8.09. The van der Waals surface area contributed by atoms with Gasteiger partial charge in [-0.25, -0.2) is 0 Å². The number of carbonyl (C=O) groups is 1. The van der Waals surface area contributed by atoms with E-state index in [0.717, 1.165) is 11.4 Å². The van der Waals surface area contributed by atoms with Crippen LogP contribution in [0.25, 0.3) is 0 Å². The predicted octanol–water partition coefficient (Wildman–Crippen LogP) is 1.96. The Morgan fingerprint density at radius 3 is 2.88 bits per heavy atom. The average molecular weight is 297 g/mol. The maximum absolute atomic E-state index is 11.9. The average Bonchev–Trinajstić information content (AvgIpc) is 2.76. The molecular weight excluding hydrogens is 283 g/mol. The summed E-state index contributed by atoms with van der Waals surface area (Å²) in [7, 11) is 0. The minimum atomic E-state index is -0.505. The van der Waals surface area contributed by atoms with E-state index < -0.39 is 6.04 Å². The molecule has 1 atom stereocenters. The van der Waals surface area contributed by atoms with Crippen molar-refractivity contribution in [3.63, 3.8) is 0 Å². The first kappa shape index (κ1) is 12.2. The van der Waals surface area contributed by atoms with E-state index in [2.05, 4.69) is 13.2 Å². The Kier molecular flexibility index (Phi) is 3.57. The van der Waals surface area contributed by atoms with Crippen molar-refractivity contribution in [1.82, 2.24) is 0 Å². The van der Waals surface area contributed by atoms with Crippen molar-refractivity contribution in [3.8, 4) is 0 Å². The summed E-state index contributed by atoms with van der Waals surface area (Å²) in [6, 6.07) is 5.07. The Morgan fingerprint density at radius 2 is 2.18 bits per heavy atom. The van der Waals surface area contributed by atoms with Crippen LogP contribution in [0.3, 0.4) is 0 Å². The molecule has 1 aromatic rings. The van der Waals surface area contributed by atoms with Crippen LogP contribution in [-0.4, -0.2) is 26.5 Å². The molecule has 1 aliphatic heterocycles. The van der Waals surface area contributed by atoms with Gasteiger partial charge in [0.05, 0.1) is 0 Å². The molecule has 1 aliphatic rings. The van der Waals surface area contributed by atoms with E-state index in [-0.39, 0.29) is 26.4 Å². The van der Waals surface area contributed by atoms with Crippen molar-refractivity contribution in [2.75, 3.05) is 5.32 Å². The van der Waals surface area contributed by atoms with Gasteiger partial charge in [0.15, 0.2) is 0 Å². The molecule has 1 heterocycles. The van der Waals surface area contributed by atoms with Gasteiger partial charge in [0.2, 0.25) is 0 Å². The number of nitrogens with zero attached hydrogens (tertiary/aromatic N) is 2. The van der Waals surface area contributed by atoms with E-state index in [9.17, 15) is 4.79 Å². The van der Waals surface area contributed by atoms with Crippen molar-refractivity contribution < 1.29 is 4.79 Å². The molecule has 6 heteroatoms. The zero-order valence-electron chi connectivity index (χ0n) is 9.68. The second-order valence-electron chi connectivity index (χ2n) is 4.20. The standard InChI is InChI=1S/C11H14N4OSe/c1-6(2)9(12)11(16)13-7-4-3-5-8-10(7)15-17-14-8/h3-6,9H,12H2,1-2H3,(H,13,16)/t9-/m0/s1. The second kappa shape index (κ2) is 4.96. The minimum absolute atomic E-state index is 0.0939. The van der Waals surface area contributed by atoms with Crippen molar-refractivity contribution in [2.45, 2.75) is 19.9 Å². The summed E-state index contributed by atoms with van der Waals surface area (Å²) < 4.78 is 8.56. The van der Waals surface area contributed by atoms with Crippen LogP contribution in [0.5, 0.6) is 0 Å². The van der Waals surface area contributed by atoms with Crippen LogP contribution in [-0.2, 0) is 4.79 Å². The SMILES string of the molecule is CC(C)[C@H](N)C(=O)Nc1cccc2c1N=[Se]=N2. The third-order valence-corrected chi connectivity index (χ3v) is 3.70. The number of nitrogens with one attached hydrogen (secondary N) is 1. The Balaban J connectivity index is 2.18. The van der Waals surface area contributed by atoms with E-state index in [4.69, 9.17) is 5.73 Å². The van der Waals surface area contributed by atoms with E-state index in [1.54, 1.807) is 0 Å². The fraction of sp³-hybridized carbons (Fsp3) is 0.364. The van der Waals surface area contributed by atoms with E-state index >= 15 is 0 Å². The Bertz CT molecular complexity index is 520. The zero-order chi connectivity index (χ0) is 12.4. The number of amides is 1. The predicted molar refractivity (Wildman–Crippen MR) is 67.8 cm³/mol. The topological polar surface area (TPSA) is 79.8 Å². The van der Waals surface area contributed by atoms with Crippen LogP contribution in [0.15, 0.2) is 26.1 Å². The molecule has 0 fully saturated rings. The van der Waals surface area contributed by atoms with Crippen LogP contribution >= 0.6 is 0 Å². The number of fused-ring (bicyclic) bond motifs is 1. The van der Waals surface area contributed by atoms with E-state index in [0.29, 0.717) is 5.69 Å². The normalized spacial score (nSPS) is 14.4. The van der Waals surface area contributed by atoms with Gasteiger partial charge < -0.3 is 0 Å². The van der Waals surface area contributed by atoms with Gasteiger partial charge >= 0.3 is 105 Å². The molecule has 3 N–H and O–H groups in total. The first-order valence-corrected chi connectivity index (χ1v) is 6.90. The van der Waals surface area contributed by atoms with Gasteiger partial charge in [-0.15, -0.1) is 0 Å². The number of carbonyl (C=O) groups excluding carboxylic acids is 1. The summed E-state index contributed by atoms with van der Waals surface area (Å²) in [4.78, 5) is 11.9. The Morgan fingerprint density at radius 1 is 1.41 bits per heavy atom. The van der Waals surface area contributed by atoms with Crippen LogP contribution in [0, 0.1) is 5.92 Å². The Hall–Kier alpha value is -1.23. The number of rotatable bonds is 3. The number of hydrogen-bond acceptors (Lipinski definition) is 4. The third-order valence-electron chi connectivity index (χ3n) is 2.56. The van der Waals surface area contributed by atoms with Crippen molar-refractivity contribution >= 4 is 37.5 Å². The fourth-order valence-corrected chi connectivity index (χ4v) is 2.58. The molecule has 2 rings (SSSR count). The van der Waals surface area contributed by atoms with Gasteiger partial charge in [0.1, 0.15) is 0 Å². The maximum atomic E-state index is 11.9. The summed E-state index contributed by atoms with van der Waals surface area (Å²) >= 11 is -0.0939. The van der Waals surface area contributed by atoms with Crippen molar-refractivity contribution in [1.29, 1.82) is 0 Å². The van der Waals surface area contributed by atoms with Crippen LogP contribution < -0.4 is 11.1 Å². The van der Waals surface area contributed by atoms with E-state index in [1.807, 2.05) is 32.0 Å². The fourth-order valence-electron chi connectivity index (χ4n) is 1.43. The molecule has 0 spiro atoms. The van der Waals surface area contributed by atoms with Crippen molar-refractivity contribution in [3.05, 3.63) is 18.2 Å². The van der Waals surface area contributed by atoms with Crippen LogP contribution in [0.4, 0.5) is 17.1 Å². The number of hydrogen-bond donors (Lipinski definition) is 2. The quantitative estimate of drug-likeness (QED) is 0.849. The number of nitrogens with two attached hydrogens (primary N) is 1. The van der Waals surface area contributed by atoms with Gasteiger partial charge in [0.25, 0.3) is 0 Å². The molecule has 17 heavy (non-hydrogen) atoms. The number of benzene rings is 1. The van der Waals surface area contributed by atoms with Gasteiger partial charge in [-0.3, -0.25) is 0 Å². The molecule has 1 aromatic carbocycles. The Labute approximate surface area is 106 Å². The molecule has 0 saturated heterocycles. The summed E-state index contributed by atoms with van der Waals surface area (Å²) in [6.45, 7) is 3.84. The van der Waals surface area contributed by atoms with Gasteiger partial charge in [-0.05, 0) is 0 Å². The second-order valence-corrected chi connectivity index (χ2v) is 5.31. The molecule has 0 aromatic heterocycles. The molecule has 90 valence electrons. The van der Waals surface area contributed by atoms with Gasteiger partial charge in [-0.1, -0.05) is 0 Å². The number of anilines is 1. The molecule has 0 unspecified atom stereocenters. The van der Waals surface area contributed by atoms with Gasteiger partial charge in [-0.2, -0.15) is 0 Å². The third kappa shape index (κ3) is 2.54. The molecular formula is C11H14N4OSe. The summed E-state index contributed by atoms with van der Waals surface area (Å²) in [5.41, 5.74) is 8.11. The molecule has 5 nitrogen and oxygen atoms in total. The van der Waals surface area contributed by atoms with Crippen LogP contribution in [0.1, 0.15) is 13.8 Å². The monoisotopic (exact) mass is 298 g/mol. The molecule has 0 saturated carbocycles. The van der Waals surface area contributed by atoms with Crippen molar-refractivity contribution in [2.24, 2.45) is 19.6 Å². The first-order valence-electron chi connectivity index (χ1n) is 5.37. The zero-order valence-corrected chi connectivity index (χ0v) is 11.4.